The number of rotatable bonds is 6. The minimum absolute atomic E-state index is 0.104. The average molecular weight is 537 g/mol. The second-order valence-electron chi connectivity index (χ2n) is 6.22. The summed E-state index contributed by atoms with van der Waals surface area (Å²) in [5.74, 6) is 0.580. The van der Waals surface area contributed by atoms with Gasteiger partial charge in [-0.25, -0.2) is 0 Å². The first kappa shape index (κ1) is 22.2. The molecule has 0 saturated carbocycles. The molecule has 0 radical (unpaired) electrons. The maximum Gasteiger partial charge on any atom is 0.266 e. The van der Waals surface area contributed by atoms with Gasteiger partial charge in [-0.05, 0) is 70.3 Å². The van der Waals surface area contributed by atoms with Crippen molar-refractivity contribution in [2.24, 2.45) is 4.99 Å². The Morgan fingerprint density at radius 1 is 1.30 bits per heavy atom. The molecule has 0 aromatic heterocycles. The topological polar surface area (TPSA) is 80.2 Å². The Morgan fingerprint density at radius 2 is 2.03 bits per heavy atom. The van der Waals surface area contributed by atoms with Crippen LogP contribution in [0.3, 0.4) is 0 Å². The van der Waals surface area contributed by atoms with Gasteiger partial charge in [0.25, 0.3) is 11.8 Å². The Morgan fingerprint density at radius 3 is 2.67 bits per heavy atom. The van der Waals surface area contributed by atoms with Gasteiger partial charge >= 0.3 is 0 Å². The molecule has 0 unspecified atom stereocenters. The van der Waals surface area contributed by atoms with Gasteiger partial charge in [0.05, 0.1) is 15.6 Å². The van der Waals surface area contributed by atoms with Crippen molar-refractivity contribution in [3.63, 3.8) is 0 Å². The molecule has 1 aliphatic rings. The first-order valence-corrected chi connectivity index (χ1v) is 10.8. The number of amides is 2. The van der Waals surface area contributed by atoms with E-state index in [-0.39, 0.29) is 18.4 Å². The summed E-state index contributed by atoms with van der Waals surface area (Å²) in [6.07, 6.45) is 1.79. The van der Waals surface area contributed by atoms with Crippen LogP contribution in [0, 0.1) is 3.57 Å². The second kappa shape index (κ2) is 9.98. The molecule has 9 heteroatoms. The summed E-state index contributed by atoms with van der Waals surface area (Å²) in [5.41, 5.74) is 1.49. The van der Waals surface area contributed by atoms with Crippen LogP contribution < -0.4 is 14.8 Å². The van der Waals surface area contributed by atoms with Crippen LogP contribution in [-0.4, -0.2) is 49.7 Å². The number of ether oxygens (including phenoxy) is 2. The number of nitrogens with zero attached hydrogens (tertiary/aromatic N) is 2. The van der Waals surface area contributed by atoms with Crippen molar-refractivity contribution in [2.75, 3.05) is 33.1 Å². The number of methoxy groups -OCH3 is 1. The summed E-state index contributed by atoms with van der Waals surface area (Å²) >= 11 is 3.44. The van der Waals surface area contributed by atoms with E-state index in [1.807, 2.05) is 24.3 Å². The van der Waals surface area contributed by atoms with E-state index >= 15 is 0 Å². The number of carbonyl (C=O) groups is 2. The molecule has 2 amide bonds. The van der Waals surface area contributed by atoms with E-state index in [1.54, 1.807) is 38.4 Å². The van der Waals surface area contributed by atoms with Crippen molar-refractivity contribution in [2.45, 2.75) is 0 Å². The van der Waals surface area contributed by atoms with Crippen LogP contribution in [0.4, 0.5) is 5.69 Å². The summed E-state index contributed by atoms with van der Waals surface area (Å²) in [5, 5.41) is 3.42. The predicted molar refractivity (Wildman–Crippen MR) is 128 cm³/mol. The fourth-order valence-corrected chi connectivity index (χ4v) is 4.43. The molecule has 0 bridgehead atoms. The molecule has 156 valence electrons. The zero-order chi connectivity index (χ0) is 21.7. The number of hydrogen-bond acceptors (Lipinski definition) is 6. The van der Waals surface area contributed by atoms with Crippen molar-refractivity contribution in [1.82, 2.24) is 4.90 Å². The highest BCUT2D eigenvalue weighted by Crippen LogP contribution is 2.37. The quantitative estimate of drug-likeness (QED) is 0.448. The number of amidine groups is 1. The normalized spacial score (nSPS) is 16.3. The lowest BCUT2D eigenvalue weighted by atomic mass is 10.2. The highest BCUT2D eigenvalue weighted by Gasteiger charge is 2.29. The largest absolute Gasteiger partial charge is 0.493 e. The van der Waals surface area contributed by atoms with E-state index in [0.717, 1.165) is 9.13 Å². The summed E-state index contributed by atoms with van der Waals surface area (Å²) in [6.45, 7) is -0.156. The number of nitrogens with one attached hydrogen (secondary N) is 1. The number of para-hydroxylation sites is 1. The highest BCUT2D eigenvalue weighted by atomic mass is 127. The number of aliphatic imine (C=N–C) groups is 1. The van der Waals surface area contributed by atoms with Gasteiger partial charge in [-0.2, -0.15) is 0 Å². The fraction of sp³-hybridized carbons (Fsp3) is 0.190. The summed E-state index contributed by atoms with van der Waals surface area (Å²) in [6, 6.07) is 12.8. The molecule has 1 N–H and O–H groups in total. The van der Waals surface area contributed by atoms with E-state index in [9.17, 15) is 9.59 Å². The second-order valence-corrected chi connectivity index (χ2v) is 8.39. The third-order valence-corrected chi connectivity index (χ3v) is 6.10. The third-order valence-electron chi connectivity index (χ3n) is 4.15. The third kappa shape index (κ3) is 5.14. The van der Waals surface area contributed by atoms with Crippen LogP contribution in [-0.2, 0) is 9.59 Å². The number of hydrogen-bond donors (Lipinski definition) is 1. The Balaban J connectivity index is 1.75. The lowest BCUT2D eigenvalue weighted by molar-refractivity contribution is -0.121. The molecular weight excluding hydrogens is 517 g/mol. The van der Waals surface area contributed by atoms with Crippen LogP contribution in [0.15, 0.2) is 52.4 Å². The predicted octanol–water partition coefficient (Wildman–Crippen LogP) is 3.85. The molecule has 2 aromatic rings. The molecule has 0 spiro atoms. The van der Waals surface area contributed by atoms with Crippen molar-refractivity contribution < 1.29 is 19.1 Å². The molecule has 1 saturated heterocycles. The van der Waals surface area contributed by atoms with Gasteiger partial charge in [0, 0.05) is 19.8 Å². The molecular formula is C21H20IN3O4S. The SMILES string of the molecule is CN=C1S/C(=C/c2cc(I)c(OCC(=O)Nc3ccccc3)c(OC)c2)C(=O)N1C. The Hall–Kier alpha value is -2.53. The lowest BCUT2D eigenvalue weighted by Crippen LogP contribution is -2.23. The van der Waals surface area contributed by atoms with E-state index < -0.39 is 0 Å². The highest BCUT2D eigenvalue weighted by molar-refractivity contribution is 14.1. The Kier molecular flexibility index (Phi) is 7.38. The van der Waals surface area contributed by atoms with Crippen molar-refractivity contribution >= 4 is 63.1 Å². The average Bonchev–Trinajstić information content (AvgIpc) is 3.01. The van der Waals surface area contributed by atoms with Gasteiger partial charge in [0.15, 0.2) is 23.3 Å². The van der Waals surface area contributed by atoms with E-state index in [4.69, 9.17) is 9.47 Å². The number of anilines is 1. The van der Waals surface area contributed by atoms with Crippen LogP contribution in [0.25, 0.3) is 6.08 Å². The minimum atomic E-state index is -0.271. The summed E-state index contributed by atoms with van der Waals surface area (Å²) < 4.78 is 11.9. The van der Waals surface area contributed by atoms with E-state index in [0.29, 0.717) is 27.3 Å². The van der Waals surface area contributed by atoms with Gasteiger partial charge in [0.2, 0.25) is 0 Å². The number of halogens is 1. The first-order chi connectivity index (χ1) is 14.4. The molecule has 3 rings (SSSR count). The molecule has 2 aromatic carbocycles. The standard InChI is InChI=1S/C21H20IN3O4S/c1-23-21-25(2)20(27)17(30-21)11-13-9-15(22)19(16(10-13)28-3)29-12-18(26)24-14-7-5-4-6-8-14/h4-11H,12H2,1-3H3,(H,24,26)/b17-11+,23-21?. The lowest BCUT2D eigenvalue weighted by Gasteiger charge is -2.14. The molecule has 1 aliphatic heterocycles. The Labute approximate surface area is 192 Å². The molecule has 1 fully saturated rings. The van der Waals surface area contributed by atoms with Crippen molar-refractivity contribution in [1.29, 1.82) is 0 Å². The minimum Gasteiger partial charge on any atom is -0.493 e. The van der Waals surface area contributed by atoms with Gasteiger partial charge in [-0.1, -0.05) is 18.2 Å². The van der Waals surface area contributed by atoms with Crippen LogP contribution in [0.5, 0.6) is 11.5 Å². The van der Waals surface area contributed by atoms with Crippen molar-refractivity contribution in [3.05, 3.63) is 56.5 Å². The van der Waals surface area contributed by atoms with Crippen LogP contribution in [0.2, 0.25) is 0 Å². The smallest absolute Gasteiger partial charge is 0.266 e. The molecule has 30 heavy (non-hydrogen) atoms. The van der Waals surface area contributed by atoms with E-state index in [2.05, 4.69) is 32.9 Å². The summed E-state index contributed by atoms with van der Waals surface area (Å²) in [7, 11) is 4.88. The molecule has 1 heterocycles. The fourth-order valence-electron chi connectivity index (χ4n) is 2.72. The molecule has 0 aliphatic carbocycles. The Bertz CT molecular complexity index is 1020. The maximum absolute atomic E-state index is 12.4. The molecule has 0 atom stereocenters. The van der Waals surface area contributed by atoms with Gasteiger partial charge in [-0.3, -0.25) is 19.5 Å². The number of likely N-dealkylation sites (N-methyl/N-ethyl adjacent to an activating group) is 1. The number of carbonyl (C=O) groups excluding carboxylic acids is 2. The zero-order valence-corrected chi connectivity index (χ0v) is 19.6. The molecule has 7 nitrogen and oxygen atoms in total. The van der Waals surface area contributed by atoms with Crippen molar-refractivity contribution in [3.8, 4) is 11.5 Å². The van der Waals surface area contributed by atoms with Gasteiger partial charge < -0.3 is 14.8 Å². The zero-order valence-electron chi connectivity index (χ0n) is 16.6. The number of thioether (sulfide) groups is 1. The van der Waals surface area contributed by atoms with Crippen LogP contribution >= 0.6 is 34.4 Å². The van der Waals surface area contributed by atoms with Gasteiger partial charge in [0.1, 0.15) is 0 Å². The van der Waals surface area contributed by atoms with Crippen LogP contribution in [0.1, 0.15) is 5.56 Å². The van der Waals surface area contributed by atoms with Gasteiger partial charge in [-0.15, -0.1) is 0 Å². The maximum atomic E-state index is 12.4. The summed E-state index contributed by atoms with van der Waals surface area (Å²) in [4.78, 5) is 30.7. The first-order valence-electron chi connectivity index (χ1n) is 8.92. The number of benzene rings is 2. The monoisotopic (exact) mass is 537 g/mol. The van der Waals surface area contributed by atoms with E-state index in [1.165, 1.54) is 23.8 Å².